The van der Waals surface area contributed by atoms with Crippen molar-refractivity contribution in [2.45, 2.75) is 20.0 Å². The quantitative estimate of drug-likeness (QED) is 0.581. The Bertz CT molecular complexity index is 93.1. The third-order valence-electron chi connectivity index (χ3n) is 0.903. The maximum Gasteiger partial charge on any atom is 0.155 e. The van der Waals surface area contributed by atoms with E-state index in [0.29, 0.717) is 6.54 Å². The lowest BCUT2D eigenvalue weighted by Gasteiger charge is -2.07. The number of rotatable bonds is 4. The lowest BCUT2D eigenvalue weighted by atomic mass is 10.4. The van der Waals surface area contributed by atoms with Crippen LogP contribution in [-0.4, -0.2) is 25.0 Å². The Hall–Kier alpha value is -0.410. The van der Waals surface area contributed by atoms with Crippen LogP contribution in [0.25, 0.3) is 0 Å². The summed E-state index contributed by atoms with van der Waals surface area (Å²) in [6, 6.07) is 0. The van der Waals surface area contributed by atoms with Gasteiger partial charge in [0, 0.05) is 6.54 Å². The molecule has 0 aliphatic carbocycles. The smallest absolute Gasteiger partial charge is 0.155 e. The zero-order valence-corrected chi connectivity index (χ0v) is 5.89. The Morgan fingerprint density at radius 2 is 2.33 bits per heavy atom. The average Bonchev–Trinajstić information content (AvgIpc) is 1.83. The van der Waals surface area contributed by atoms with Gasteiger partial charge in [-0.3, -0.25) is 4.79 Å². The van der Waals surface area contributed by atoms with E-state index in [1.807, 2.05) is 6.92 Å². The number of Topliss-reactive ketones (excluding diaryl/α,β-unsaturated/α-hetero) is 1. The Kier molecular flexibility index (Phi) is 4.26. The molecular weight excluding hydrogens is 118 g/mol. The second-order valence-electron chi connectivity index (χ2n) is 2.06. The summed E-state index contributed by atoms with van der Waals surface area (Å²) >= 11 is 0. The molecule has 0 amide bonds. The summed E-state index contributed by atoms with van der Waals surface area (Å²) in [6.45, 7) is 3.97. The highest BCUT2D eigenvalue weighted by molar-refractivity contribution is 5.76. The molecule has 3 nitrogen and oxygen atoms in total. The van der Waals surface area contributed by atoms with Crippen molar-refractivity contribution in [2.24, 2.45) is 5.73 Å². The number of ketones is 1. The van der Waals surface area contributed by atoms with Crippen molar-refractivity contribution < 1.29 is 9.53 Å². The monoisotopic (exact) mass is 131 g/mol. The Morgan fingerprint density at radius 1 is 1.78 bits per heavy atom. The fraction of sp³-hybridized carbons (Fsp3) is 0.833. The number of hydrogen-bond donors (Lipinski definition) is 1. The van der Waals surface area contributed by atoms with Crippen molar-refractivity contribution in [2.75, 3.05) is 13.2 Å². The minimum Gasteiger partial charge on any atom is -0.369 e. The van der Waals surface area contributed by atoms with Crippen LogP contribution in [0.4, 0.5) is 0 Å². The maximum absolute atomic E-state index is 10.3. The van der Waals surface area contributed by atoms with Crippen molar-refractivity contribution in [3.63, 3.8) is 0 Å². The van der Waals surface area contributed by atoms with E-state index >= 15 is 0 Å². The Morgan fingerprint density at radius 3 is 2.67 bits per heavy atom. The van der Waals surface area contributed by atoms with Gasteiger partial charge in [0.1, 0.15) is 6.61 Å². The van der Waals surface area contributed by atoms with Crippen LogP contribution in [-0.2, 0) is 9.53 Å². The van der Waals surface area contributed by atoms with Crippen molar-refractivity contribution in [1.29, 1.82) is 0 Å². The Balaban J connectivity index is 3.16. The van der Waals surface area contributed by atoms with Gasteiger partial charge >= 0.3 is 0 Å². The highest BCUT2D eigenvalue weighted by Crippen LogP contribution is 1.85. The number of hydrogen-bond acceptors (Lipinski definition) is 3. The van der Waals surface area contributed by atoms with E-state index in [9.17, 15) is 4.79 Å². The first-order valence-electron chi connectivity index (χ1n) is 2.98. The van der Waals surface area contributed by atoms with Crippen molar-refractivity contribution in [3.8, 4) is 0 Å². The number of carbonyl (C=O) groups is 1. The van der Waals surface area contributed by atoms with Gasteiger partial charge in [-0.15, -0.1) is 0 Å². The molecule has 1 unspecified atom stereocenters. The first-order valence-corrected chi connectivity index (χ1v) is 2.98. The summed E-state index contributed by atoms with van der Waals surface area (Å²) in [7, 11) is 0. The maximum atomic E-state index is 10.3. The minimum absolute atomic E-state index is 0.00565. The molecule has 9 heavy (non-hydrogen) atoms. The van der Waals surface area contributed by atoms with Crippen LogP contribution in [0.15, 0.2) is 0 Å². The summed E-state index contributed by atoms with van der Waals surface area (Å²) in [5.74, 6) is 0.0373. The van der Waals surface area contributed by atoms with Gasteiger partial charge in [-0.1, -0.05) is 0 Å². The molecule has 0 fully saturated rings. The molecular formula is C6H13NO2. The molecule has 0 aromatic heterocycles. The van der Waals surface area contributed by atoms with Crippen molar-refractivity contribution in [1.82, 2.24) is 0 Å². The van der Waals surface area contributed by atoms with Crippen LogP contribution in [0.3, 0.4) is 0 Å². The zero-order valence-electron chi connectivity index (χ0n) is 5.89. The standard InChI is InChI=1S/C6H13NO2/c1-5(8)4-9-6(2)3-7/h6H,3-4,7H2,1-2H3. The molecule has 0 aromatic carbocycles. The van der Waals surface area contributed by atoms with Gasteiger partial charge in [0.15, 0.2) is 5.78 Å². The molecule has 0 rings (SSSR count). The molecule has 0 aliphatic rings. The molecule has 0 spiro atoms. The fourth-order valence-corrected chi connectivity index (χ4v) is 0.328. The van der Waals surface area contributed by atoms with Gasteiger partial charge in [-0.25, -0.2) is 0 Å². The summed E-state index contributed by atoms with van der Waals surface area (Å²) in [5.41, 5.74) is 5.22. The molecule has 0 aromatic rings. The first-order chi connectivity index (χ1) is 4.16. The molecule has 0 bridgehead atoms. The molecule has 0 aliphatic heterocycles. The molecule has 0 heterocycles. The summed E-state index contributed by atoms with van der Waals surface area (Å²) in [5, 5.41) is 0. The second kappa shape index (κ2) is 4.47. The SMILES string of the molecule is CC(=O)COC(C)CN. The van der Waals surface area contributed by atoms with Gasteiger partial charge in [0.25, 0.3) is 0 Å². The molecule has 0 saturated carbocycles. The fourth-order valence-electron chi connectivity index (χ4n) is 0.328. The van der Waals surface area contributed by atoms with Crippen molar-refractivity contribution >= 4 is 5.78 Å². The lowest BCUT2D eigenvalue weighted by Crippen LogP contribution is -2.22. The molecule has 0 radical (unpaired) electrons. The highest BCUT2D eigenvalue weighted by Gasteiger charge is 1.98. The largest absolute Gasteiger partial charge is 0.369 e. The van der Waals surface area contributed by atoms with E-state index < -0.39 is 0 Å². The van der Waals surface area contributed by atoms with Gasteiger partial charge in [-0.05, 0) is 13.8 Å². The predicted molar refractivity (Wildman–Crippen MR) is 35.1 cm³/mol. The average molecular weight is 131 g/mol. The minimum atomic E-state index is -0.00565. The first kappa shape index (κ1) is 8.59. The van der Waals surface area contributed by atoms with Crippen molar-refractivity contribution in [3.05, 3.63) is 0 Å². The zero-order chi connectivity index (χ0) is 7.28. The van der Waals surface area contributed by atoms with Gasteiger partial charge in [0.05, 0.1) is 6.10 Å². The van der Waals surface area contributed by atoms with Crippen LogP contribution in [0, 0.1) is 0 Å². The van der Waals surface area contributed by atoms with E-state index in [1.54, 1.807) is 0 Å². The summed E-state index contributed by atoms with van der Waals surface area (Å²) < 4.78 is 4.98. The molecule has 0 saturated heterocycles. The molecule has 3 heteroatoms. The number of ether oxygens (including phenoxy) is 1. The van der Waals surface area contributed by atoms with Crippen LogP contribution < -0.4 is 5.73 Å². The predicted octanol–water partition coefficient (Wildman–Crippen LogP) is -0.0608. The highest BCUT2D eigenvalue weighted by atomic mass is 16.5. The van der Waals surface area contributed by atoms with E-state index in [2.05, 4.69) is 0 Å². The van der Waals surface area contributed by atoms with Crippen LogP contribution in [0.1, 0.15) is 13.8 Å². The third kappa shape index (κ3) is 5.46. The Labute approximate surface area is 55.2 Å². The number of nitrogens with two attached hydrogens (primary N) is 1. The molecule has 1 atom stereocenters. The summed E-state index contributed by atoms with van der Waals surface area (Å²) in [6.07, 6.45) is -0.00565. The lowest BCUT2D eigenvalue weighted by molar-refractivity contribution is -0.122. The third-order valence-corrected chi connectivity index (χ3v) is 0.903. The van der Waals surface area contributed by atoms with Gasteiger partial charge in [-0.2, -0.15) is 0 Å². The van der Waals surface area contributed by atoms with Crippen LogP contribution in [0.2, 0.25) is 0 Å². The topological polar surface area (TPSA) is 52.3 Å². The summed E-state index contributed by atoms with van der Waals surface area (Å²) in [4.78, 5) is 10.3. The van der Waals surface area contributed by atoms with E-state index in [-0.39, 0.29) is 18.5 Å². The van der Waals surface area contributed by atoms with E-state index in [0.717, 1.165) is 0 Å². The second-order valence-corrected chi connectivity index (χ2v) is 2.06. The van der Waals surface area contributed by atoms with Crippen LogP contribution in [0.5, 0.6) is 0 Å². The molecule has 54 valence electrons. The van der Waals surface area contributed by atoms with Crippen LogP contribution >= 0.6 is 0 Å². The van der Waals surface area contributed by atoms with E-state index in [1.165, 1.54) is 6.92 Å². The number of carbonyl (C=O) groups excluding carboxylic acids is 1. The van der Waals surface area contributed by atoms with E-state index in [4.69, 9.17) is 10.5 Å². The normalized spacial score (nSPS) is 13.2. The van der Waals surface area contributed by atoms with Gasteiger partial charge < -0.3 is 10.5 Å². The molecule has 2 N–H and O–H groups in total. The van der Waals surface area contributed by atoms with Gasteiger partial charge in [0.2, 0.25) is 0 Å².